The van der Waals surface area contributed by atoms with Crippen LogP contribution in [0.2, 0.25) is 0 Å². The van der Waals surface area contributed by atoms with Gasteiger partial charge in [-0.15, -0.1) is 9.78 Å². The molecule has 0 saturated carbocycles. The molecule has 0 heterocycles. The second-order valence-electron chi connectivity index (χ2n) is 11.6. The first-order valence-electron chi connectivity index (χ1n) is 12.2. The molecule has 0 N–H and O–H groups in total. The van der Waals surface area contributed by atoms with Gasteiger partial charge in [-0.2, -0.15) is 0 Å². The van der Waals surface area contributed by atoms with Crippen molar-refractivity contribution >= 4 is 18.1 Å². The third-order valence-electron chi connectivity index (χ3n) is 5.16. The number of carbonyl (C=O) groups is 3. The summed E-state index contributed by atoms with van der Waals surface area (Å²) in [6.45, 7) is 17.8. The van der Waals surface area contributed by atoms with Crippen molar-refractivity contribution in [1.29, 1.82) is 0 Å². The molecule has 2 rings (SSSR count). The molecule has 2 aromatic rings. The van der Waals surface area contributed by atoms with Crippen LogP contribution < -0.4 is 0 Å². The standard InChI is InChI=1S/C29H38O9/c1-17-11-18(2)14-21(13-17)23(30)35-37-25(28(5,6)7)33-27(32)34-26(29(8,9)10)38-36-24(31)22-15-19(3)12-20(4)16-22/h11-16,25-26H,1-10H3. The van der Waals surface area contributed by atoms with Crippen molar-refractivity contribution in [1.82, 2.24) is 0 Å². The Bertz CT molecular complexity index is 1030. The molecular formula is C29H38O9. The van der Waals surface area contributed by atoms with Crippen molar-refractivity contribution in [3.63, 3.8) is 0 Å². The molecule has 0 bridgehead atoms. The van der Waals surface area contributed by atoms with E-state index >= 15 is 0 Å². The molecule has 9 nitrogen and oxygen atoms in total. The van der Waals surface area contributed by atoms with Gasteiger partial charge in [-0.3, -0.25) is 9.78 Å². The zero-order valence-electron chi connectivity index (χ0n) is 23.8. The van der Waals surface area contributed by atoms with Gasteiger partial charge >= 0.3 is 18.1 Å². The molecule has 2 unspecified atom stereocenters. The number of ether oxygens (including phenoxy) is 2. The highest BCUT2D eigenvalue weighted by Crippen LogP contribution is 2.28. The Labute approximate surface area is 224 Å². The van der Waals surface area contributed by atoms with Crippen LogP contribution in [0.4, 0.5) is 4.79 Å². The summed E-state index contributed by atoms with van der Waals surface area (Å²) >= 11 is 0. The largest absolute Gasteiger partial charge is 0.513 e. The lowest BCUT2D eigenvalue weighted by atomic mass is 9.96. The maximum Gasteiger partial charge on any atom is 0.513 e. The average Bonchev–Trinajstić information content (AvgIpc) is 2.76. The van der Waals surface area contributed by atoms with Crippen LogP contribution in [0.1, 0.15) is 84.5 Å². The van der Waals surface area contributed by atoms with Gasteiger partial charge in [-0.1, -0.05) is 75.9 Å². The molecule has 2 aromatic carbocycles. The van der Waals surface area contributed by atoms with Gasteiger partial charge in [0.1, 0.15) is 0 Å². The molecule has 0 aromatic heterocycles. The van der Waals surface area contributed by atoms with Gasteiger partial charge in [0, 0.05) is 10.8 Å². The van der Waals surface area contributed by atoms with Gasteiger partial charge in [-0.05, 0) is 52.0 Å². The van der Waals surface area contributed by atoms with Crippen LogP contribution in [0.15, 0.2) is 36.4 Å². The van der Waals surface area contributed by atoms with E-state index < -0.39 is 41.5 Å². The first kappa shape index (κ1) is 30.8. The quantitative estimate of drug-likeness (QED) is 0.160. The first-order valence-corrected chi connectivity index (χ1v) is 12.2. The number of benzene rings is 2. The molecule has 38 heavy (non-hydrogen) atoms. The Balaban J connectivity index is 2.04. The summed E-state index contributed by atoms with van der Waals surface area (Å²) in [5, 5.41) is 0. The Kier molecular flexibility index (Phi) is 10.1. The minimum atomic E-state index is -1.32. The lowest BCUT2D eigenvalue weighted by molar-refractivity contribution is -0.371. The van der Waals surface area contributed by atoms with Crippen molar-refractivity contribution in [3.05, 3.63) is 69.8 Å². The van der Waals surface area contributed by atoms with Gasteiger partial charge in [-0.25, -0.2) is 14.4 Å². The van der Waals surface area contributed by atoms with Crippen molar-refractivity contribution in [3.8, 4) is 0 Å². The van der Waals surface area contributed by atoms with Crippen LogP contribution in [-0.4, -0.2) is 30.7 Å². The Morgan fingerprint density at radius 1 is 0.553 bits per heavy atom. The second kappa shape index (κ2) is 12.4. The van der Waals surface area contributed by atoms with E-state index in [-0.39, 0.29) is 0 Å². The molecule has 0 saturated heterocycles. The monoisotopic (exact) mass is 530 g/mol. The normalized spacial score (nSPS) is 13.3. The summed E-state index contributed by atoms with van der Waals surface area (Å²) in [7, 11) is 0. The molecule has 0 spiro atoms. The van der Waals surface area contributed by atoms with Crippen LogP contribution >= 0.6 is 0 Å². The maximum absolute atomic E-state index is 12.7. The third-order valence-corrected chi connectivity index (χ3v) is 5.16. The van der Waals surface area contributed by atoms with Gasteiger partial charge in [0.15, 0.2) is 0 Å². The van der Waals surface area contributed by atoms with Crippen LogP contribution in [0, 0.1) is 38.5 Å². The Morgan fingerprint density at radius 3 is 1.11 bits per heavy atom. The van der Waals surface area contributed by atoms with E-state index in [2.05, 4.69) is 0 Å². The molecule has 0 radical (unpaired) electrons. The summed E-state index contributed by atoms with van der Waals surface area (Å²) in [6, 6.07) is 10.5. The average molecular weight is 531 g/mol. The molecule has 0 amide bonds. The summed E-state index contributed by atoms with van der Waals surface area (Å²) in [6.07, 6.45) is -3.80. The molecule has 208 valence electrons. The summed E-state index contributed by atoms with van der Waals surface area (Å²) in [5.41, 5.74) is 2.54. The number of carbonyl (C=O) groups excluding carboxylic acids is 3. The number of aryl methyl sites for hydroxylation is 4. The van der Waals surface area contributed by atoms with E-state index in [0.29, 0.717) is 11.1 Å². The molecule has 2 atom stereocenters. The molecule has 0 fully saturated rings. The smallest absolute Gasteiger partial charge is 0.400 e. The summed E-state index contributed by atoms with van der Waals surface area (Å²) in [4.78, 5) is 58.1. The van der Waals surface area contributed by atoms with E-state index in [1.165, 1.54) is 0 Å². The fourth-order valence-corrected chi connectivity index (χ4v) is 3.34. The maximum atomic E-state index is 12.7. The van der Waals surface area contributed by atoms with Crippen molar-refractivity contribution in [2.45, 2.75) is 81.8 Å². The Morgan fingerprint density at radius 2 is 0.842 bits per heavy atom. The van der Waals surface area contributed by atoms with E-state index in [0.717, 1.165) is 22.3 Å². The molecule has 0 aliphatic carbocycles. The highest BCUT2D eigenvalue weighted by molar-refractivity contribution is 5.90. The second-order valence-corrected chi connectivity index (χ2v) is 11.6. The van der Waals surface area contributed by atoms with E-state index in [4.69, 9.17) is 29.0 Å². The summed E-state index contributed by atoms with van der Waals surface area (Å²) in [5.74, 6) is -1.48. The zero-order chi connectivity index (χ0) is 28.8. The van der Waals surface area contributed by atoms with Gasteiger partial charge in [0.25, 0.3) is 12.6 Å². The van der Waals surface area contributed by atoms with Crippen molar-refractivity contribution < 1.29 is 43.4 Å². The number of hydrogen-bond donors (Lipinski definition) is 0. The molecule has 0 aliphatic heterocycles. The molecule has 9 heteroatoms. The molecule has 0 aliphatic rings. The minimum Gasteiger partial charge on any atom is -0.400 e. The first-order chi connectivity index (χ1) is 17.5. The zero-order valence-corrected chi connectivity index (χ0v) is 23.8. The predicted molar refractivity (Wildman–Crippen MR) is 139 cm³/mol. The lowest BCUT2D eigenvalue weighted by Gasteiger charge is -2.30. The predicted octanol–water partition coefficient (Wildman–Crippen LogP) is 6.69. The van der Waals surface area contributed by atoms with Gasteiger partial charge < -0.3 is 9.47 Å². The number of hydrogen-bond acceptors (Lipinski definition) is 9. The lowest BCUT2D eigenvalue weighted by Crippen LogP contribution is -2.39. The SMILES string of the molecule is Cc1cc(C)cc(C(=O)OOC(OC(=O)OC(OOC(=O)c2cc(C)cc(C)c2)C(C)(C)C)C(C)(C)C)c1. The van der Waals surface area contributed by atoms with Crippen LogP contribution in [0.3, 0.4) is 0 Å². The topological polar surface area (TPSA) is 107 Å². The fourth-order valence-electron chi connectivity index (χ4n) is 3.34. The van der Waals surface area contributed by atoms with E-state index in [1.54, 1.807) is 65.8 Å². The fraction of sp³-hybridized carbons (Fsp3) is 0.483. The van der Waals surface area contributed by atoms with Crippen molar-refractivity contribution in [2.75, 3.05) is 0 Å². The third kappa shape index (κ3) is 9.46. The minimum absolute atomic E-state index is 0.296. The van der Waals surface area contributed by atoms with Crippen molar-refractivity contribution in [2.24, 2.45) is 10.8 Å². The summed E-state index contributed by atoms with van der Waals surface area (Å²) < 4.78 is 10.6. The van der Waals surface area contributed by atoms with Crippen LogP contribution in [-0.2, 0) is 29.0 Å². The van der Waals surface area contributed by atoms with Gasteiger partial charge in [0.2, 0.25) is 0 Å². The highest BCUT2D eigenvalue weighted by atomic mass is 17.2. The van der Waals surface area contributed by atoms with Crippen LogP contribution in [0.5, 0.6) is 0 Å². The van der Waals surface area contributed by atoms with E-state index in [1.807, 2.05) is 39.8 Å². The molecular weight excluding hydrogens is 492 g/mol. The number of rotatable bonds is 8. The van der Waals surface area contributed by atoms with E-state index in [9.17, 15) is 14.4 Å². The van der Waals surface area contributed by atoms with Crippen LogP contribution in [0.25, 0.3) is 0 Å². The Hall–Kier alpha value is -3.43. The van der Waals surface area contributed by atoms with Gasteiger partial charge in [0.05, 0.1) is 11.1 Å². The highest BCUT2D eigenvalue weighted by Gasteiger charge is 2.37.